The smallest absolute Gasteiger partial charge is 0.247 e. The Kier molecular flexibility index (Phi) is 20.3. The van der Waals surface area contributed by atoms with Crippen LogP contribution in [0.3, 0.4) is 0 Å². The van der Waals surface area contributed by atoms with Crippen LogP contribution < -0.4 is 52.0 Å². The predicted molar refractivity (Wildman–Crippen MR) is 299 cm³/mol. The van der Waals surface area contributed by atoms with Crippen molar-refractivity contribution in [2.75, 3.05) is 75.8 Å². The zero-order chi connectivity index (χ0) is 56.2. The van der Waals surface area contributed by atoms with Crippen molar-refractivity contribution >= 4 is 80.3 Å². The number of hydrogen-bond acceptors (Lipinski definition) is 16. The van der Waals surface area contributed by atoms with E-state index in [0.29, 0.717) is 108 Å². The zero-order valence-electron chi connectivity index (χ0n) is 47.1. The lowest BCUT2D eigenvalue weighted by Gasteiger charge is -2.36. The number of carbonyl (C=O) groups excluding carboxylic acids is 6. The van der Waals surface area contributed by atoms with Crippen LogP contribution in [0.15, 0.2) is 36.9 Å². The van der Waals surface area contributed by atoms with Gasteiger partial charge in [0.2, 0.25) is 35.4 Å². The molecule has 0 aliphatic carbocycles. The molecule has 6 rings (SSSR count). The predicted octanol–water partition coefficient (Wildman–Crippen LogP) is 5.20. The molecule has 6 amide bonds. The van der Waals surface area contributed by atoms with Crippen LogP contribution in [0.4, 0.5) is 23.0 Å². The summed E-state index contributed by atoms with van der Waals surface area (Å²) in [7, 11) is 6.41. The van der Waals surface area contributed by atoms with Gasteiger partial charge in [-0.05, 0) is 89.4 Å². The quantitative estimate of drug-likeness (QED) is 0.0419. The van der Waals surface area contributed by atoms with E-state index in [0.717, 1.165) is 32.1 Å². The molecule has 2 aromatic carbocycles. The highest BCUT2D eigenvalue weighted by atomic mass is 16.5. The molecule has 2 aromatic heterocycles. The van der Waals surface area contributed by atoms with Crippen molar-refractivity contribution in [2.24, 2.45) is 10.8 Å². The molecule has 2 fully saturated rings. The summed E-state index contributed by atoms with van der Waals surface area (Å²) in [5, 5.41) is 26.0. The van der Waals surface area contributed by atoms with Crippen molar-refractivity contribution in [3.05, 3.63) is 36.9 Å². The zero-order valence-corrected chi connectivity index (χ0v) is 47.1. The van der Waals surface area contributed by atoms with Gasteiger partial charge in [-0.25, -0.2) is 19.9 Å². The van der Waals surface area contributed by atoms with Crippen LogP contribution in [-0.4, -0.2) is 156 Å². The van der Waals surface area contributed by atoms with E-state index >= 15 is 0 Å². The molecule has 22 heteroatoms. The maximum absolute atomic E-state index is 14.0. The molecule has 0 saturated carbocycles. The number of carbonyl (C=O) groups is 6. The lowest BCUT2D eigenvalue weighted by atomic mass is 9.85. The van der Waals surface area contributed by atoms with Gasteiger partial charge in [0.25, 0.3) is 0 Å². The number of nitrogens with one attached hydrogen (secondary N) is 8. The van der Waals surface area contributed by atoms with Gasteiger partial charge in [-0.2, -0.15) is 0 Å². The molecule has 0 radical (unpaired) electrons. The first-order chi connectivity index (χ1) is 36.6. The lowest BCUT2D eigenvalue weighted by Crippen LogP contribution is -2.59. The number of aromatic nitrogens is 4. The number of ether oxygens (including phenoxy) is 2. The number of benzene rings is 2. The summed E-state index contributed by atoms with van der Waals surface area (Å²) in [6.07, 6.45) is 9.93. The highest BCUT2D eigenvalue weighted by Crippen LogP contribution is 2.36. The van der Waals surface area contributed by atoms with Gasteiger partial charge >= 0.3 is 0 Å². The highest BCUT2D eigenvalue weighted by molar-refractivity contribution is 6.04. The SMILES string of the molecule is CN[C@@H](C)C(=O)N[C@H](C(=O)N1CCC[C@H]1C(=O)Nc1cc2c(NCCCCCCCNc3ncnc4cc(OC)c(NC(=O)[C@@H]5CCCN5C(=O)[C@@H](NC(=O)[C@H](C)NC)C(C)(C)C)cc34)ncnc2cc1OC)C(C)(C)C. The van der Waals surface area contributed by atoms with Crippen LogP contribution in [0.1, 0.15) is 113 Å². The Bertz CT molecular complexity index is 2560. The molecule has 0 unspecified atom stereocenters. The number of nitrogens with zero attached hydrogens (tertiary/aromatic N) is 6. The molecule has 2 aliphatic rings. The molecule has 2 saturated heterocycles. The fraction of sp³-hybridized carbons (Fsp3) is 0.600. The standard InChI is InChI=1S/C55H82N14O8/c1-32(56-9)48(70)66-44(54(3,4)5)52(74)68-24-18-20-40(68)50(72)64-38-26-34-36(28-42(38)76-11)60-30-62-46(34)58-22-16-14-13-15-17-23-59-47-35-27-39(43(77-12)29-37(35)61-31-63-47)65-51(73)41-21-19-25-69(41)53(75)45(55(6,7)8)67-49(71)33(2)57-10/h26-33,40-41,44-45,56-57H,13-25H2,1-12H3,(H,64,72)(H,65,73)(H,66,70)(H,67,71)(H,58,60,62)(H,59,61,63)/t32-,33-,40-,41-,44+,45+/m0/s1. The van der Waals surface area contributed by atoms with E-state index in [-0.39, 0.29) is 35.4 Å². The molecule has 2 aliphatic heterocycles. The lowest BCUT2D eigenvalue weighted by molar-refractivity contribution is -0.143. The van der Waals surface area contributed by atoms with Gasteiger partial charge in [-0.1, -0.05) is 60.8 Å². The molecule has 0 spiro atoms. The molecule has 4 aromatic rings. The molecule has 420 valence electrons. The van der Waals surface area contributed by atoms with Gasteiger partial charge in [0.15, 0.2) is 0 Å². The van der Waals surface area contributed by atoms with Crippen LogP contribution in [-0.2, 0) is 28.8 Å². The summed E-state index contributed by atoms with van der Waals surface area (Å²) >= 11 is 0. The number of fused-ring (bicyclic) bond motifs is 2. The van der Waals surface area contributed by atoms with Crippen LogP contribution in [0, 0.1) is 10.8 Å². The summed E-state index contributed by atoms with van der Waals surface area (Å²) in [5.74, 6) is 0.186. The first kappa shape index (κ1) is 59.3. The van der Waals surface area contributed by atoms with Crippen molar-refractivity contribution < 1.29 is 38.2 Å². The number of hydrogen-bond donors (Lipinski definition) is 8. The molecule has 8 N–H and O–H groups in total. The van der Waals surface area contributed by atoms with E-state index in [1.54, 1.807) is 62.0 Å². The van der Waals surface area contributed by atoms with E-state index in [9.17, 15) is 28.8 Å². The van der Waals surface area contributed by atoms with Crippen molar-refractivity contribution in [3.8, 4) is 11.5 Å². The Balaban J connectivity index is 1.01. The summed E-state index contributed by atoms with van der Waals surface area (Å²) in [5.41, 5.74) is 0.920. The fourth-order valence-corrected chi connectivity index (χ4v) is 9.64. The minimum atomic E-state index is -0.832. The third-order valence-electron chi connectivity index (χ3n) is 14.5. The second-order valence-electron chi connectivity index (χ2n) is 22.2. The summed E-state index contributed by atoms with van der Waals surface area (Å²) in [6.45, 7) is 16.9. The molecular weight excluding hydrogens is 985 g/mol. The summed E-state index contributed by atoms with van der Waals surface area (Å²) < 4.78 is 11.4. The Morgan fingerprint density at radius 1 is 0.584 bits per heavy atom. The first-order valence-corrected chi connectivity index (χ1v) is 26.9. The monoisotopic (exact) mass is 1070 g/mol. The molecule has 4 heterocycles. The van der Waals surface area contributed by atoms with Gasteiger partial charge in [0.1, 0.15) is 60.0 Å². The largest absolute Gasteiger partial charge is 0.494 e. The van der Waals surface area contributed by atoms with Crippen molar-refractivity contribution in [2.45, 2.75) is 149 Å². The van der Waals surface area contributed by atoms with E-state index in [2.05, 4.69) is 62.5 Å². The Hall–Kier alpha value is -6.94. The van der Waals surface area contributed by atoms with Gasteiger partial charge in [-0.3, -0.25) is 28.8 Å². The summed E-state index contributed by atoms with van der Waals surface area (Å²) in [4.78, 5) is 103. The van der Waals surface area contributed by atoms with E-state index in [1.807, 2.05) is 41.5 Å². The number of anilines is 4. The normalized spacial score (nSPS) is 17.3. The summed E-state index contributed by atoms with van der Waals surface area (Å²) in [6, 6.07) is 2.97. The average Bonchev–Trinajstić information content (AvgIpc) is 4.12. The second kappa shape index (κ2) is 26.4. The minimum absolute atomic E-state index is 0.294. The van der Waals surface area contributed by atoms with Gasteiger partial charge in [0.05, 0.1) is 48.7 Å². The van der Waals surface area contributed by atoms with Crippen molar-refractivity contribution in [1.29, 1.82) is 0 Å². The molecular formula is C55H82N14O8. The third-order valence-corrected chi connectivity index (χ3v) is 14.5. The number of methoxy groups -OCH3 is 2. The topological polar surface area (TPSA) is 275 Å². The van der Waals surface area contributed by atoms with Crippen LogP contribution in [0.5, 0.6) is 11.5 Å². The van der Waals surface area contributed by atoms with E-state index < -0.39 is 47.1 Å². The number of unbranched alkanes of at least 4 members (excludes halogenated alkanes) is 4. The molecule has 0 bridgehead atoms. The third kappa shape index (κ3) is 14.8. The van der Waals surface area contributed by atoms with Crippen LogP contribution in [0.25, 0.3) is 21.8 Å². The number of likely N-dealkylation sites (tertiary alicyclic amines) is 2. The molecule has 22 nitrogen and oxygen atoms in total. The Morgan fingerprint density at radius 3 is 1.31 bits per heavy atom. The maximum Gasteiger partial charge on any atom is 0.247 e. The minimum Gasteiger partial charge on any atom is -0.494 e. The average molecular weight is 1070 g/mol. The number of rotatable bonds is 24. The van der Waals surface area contributed by atoms with Crippen molar-refractivity contribution in [1.82, 2.24) is 51.0 Å². The first-order valence-electron chi connectivity index (χ1n) is 26.9. The van der Waals surface area contributed by atoms with Gasteiger partial charge in [0, 0.05) is 49.1 Å². The Labute approximate surface area is 452 Å². The molecule has 77 heavy (non-hydrogen) atoms. The second-order valence-corrected chi connectivity index (χ2v) is 22.2. The van der Waals surface area contributed by atoms with E-state index in [1.165, 1.54) is 26.9 Å². The Morgan fingerprint density at radius 2 is 0.961 bits per heavy atom. The fourth-order valence-electron chi connectivity index (χ4n) is 9.64. The van der Waals surface area contributed by atoms with Crippen LogP contribution in [0.2, 0.25) is 0 Å². The van der Waals surface area contributed by atoms with E-state index in [4.69, 9.17) is 9.47 Å². The maximum atomic E-state index is 14.0. The highest BCUT2D eigenvalue weighted by Gasteiger charge is 2.44. The van der Waals surface area contributed by atoms with Gasteiger partial charge < -0.3 is 61.8 Å². The van der Waals surface area contributed by atoms with Crippen LogP contribution >= 0.6 is 0 Å². The molecule has 6 atom stereocenters. The van der Waals surface area contributed by atoms with Gasteiger partial charge in [-0.15, -0.1) is 0 Å². The number of likely N-dealkylation sites (N-methyl/N-ethyl adjacent to an activating group) is 2. The van der Waals surface area contributed by atoms with Crippen molar-refractivity contribution in [3.63, 3.8) is 0 Å². The number of amides is 6.